The van der Waals surface area contributed by atoms with Crippen molar-refractivity contribution in [1.82, 2.24) is 0 Å². The minimum atomic E-state index is -0.462. The maximum atomic E-state index is 13.6. The Morgan fingerprint density at radius 2 is 1.38 bits per heavy atom. The highest BCUT2D eigenvalue weighted by Gasteiger charge is 2.40. The lowest BCUT2D eigenvalue weighted by molar-refractivity contribution is -0.120. The predicted molar refractivity (Wildman–Crippen MR) is 126 cm³/mol. The van der Waals surface area contributed by atoms with Crippen LogP contribution in [0.15, 0.2) is 72.4 Å². The van der Waals surface area contributed by atoms with Crippen LogP contribution in [0.5, 0.6) is 23.0 Å². The summed E-state index contributed by atoms with van der Waals surface area (Å²) in [6.45, 7) is 0.926. The van der Waals surface area contributed by atoms with E-state index in [0.717, 1.165) is 4.90 Å². The third-order valence-electron chi connectivity index (χ3n) is 5.60. The number of amides is 2. The quantitative estimate of drug-likeness (QED) is 0.561. The number of anilines is 2. The van der Waals surface area contributed by atoms with Crippen LogP contribution in [0.2, 0.25) is 0 Å². The summed E-state index contributed by atoms with van der Waals surface area (Å²) in [5.74, 6) is 1.59. The van der Waals surface area contributed by atoms with Crippen LogP contribution in [-0.2, 0) is 9.59 Å². The Hall–Kier alpha value is -4.46. The molecule has 0 unspecified atom stereocenters. The highest BCUT2D eigenvalue weighted by molar-refractivity contribution is 6.46. The van der Waals surface area contributed by atoms with Crippen molar-refractivity contribution in [3.8, 4) is 23.0 Å². The molecule has 0 radical (unpaired) electrons. The van der Waals surface area contributed by atoms with Crippen LogP contribution in [0.3, 0.4) is 0 Å². The fourth-order valence-electron chi connectivity index (χ4n) is 3.90. The second kappa shape index (κ2) is 8.82. The van der Waals surface area contributed by atoms with Crippen LogP contribution in [0.25, 0.3) is 5.57 Å². The SMILES string of the molecule is COc1ccc(C2=C(Nc3ccc4c(c3)OCCO4)C(=O)N(c3ccc(OC)cc3)C2=O)cc1. The highest BCUT2D eigenvalue weighted by atomic mass is 16.6. The average molecular weight is 458 g/mol. The number of carbonyl (C=O) groups excluding carboxylic acids is 2. The summed E-state index contributed by atoms with van der Waals surface area (Å²) in [4.78, 5) is 28.3. The zero-order chi connectivity index (χ0) is 23.7. The van der Waals surface area contributed by atoms with Crippen molar-refractivity contribution in [2.75, 3.05) is 37.7 Å². The van der Waals surface area contributed by atoms with E-state index >= 15 is 0 Å². The molecule has 2 heterocycles. The van der Waals surface area contributed by atoms with Crippen LogP contribution in [0, 0.1) is 0 Å². The summed E-state index contributed by atoms with van der Waals surface area (Å²) >= 11 is 0. The third kappa shape index (κ3) is 3.79. The molecule has 0 aliphatic carbocycles. The first-order valence-corrected chi connectivity index (χ1v) is 10.7. The van der Waals surface area contributed by atoms with Crippen molar-refractivity contribution in [2.45, 2.75) is 0 Å². The molecule has 0 fully saturated rings. The van der Waals surface area contributed by atoms with Crippen molar-refractivity contribution in [3.63, 3.8) is 0 Å². The summed E-state index contributed by atoms with van der Waals surface area (Å²) in [5.41, 5.74) is 2.07. The van der Waals surface area contributed by atoms with Crippen LogP contribution in [-0.4, -0.2) is 39.2 Å². The number of ether oxygens (including phenoxy) is 4. The zero-order valence-electron chi connectivity index (χ0n) is 18.7. The Labute approximate surface area is 196 Å². The van der Waals surface area contributed by atoms with E-state index in [0.29, 0.717) is 53.2 Å². The molecule has 8 heteroatoms. The molecule has 2 aliphatic rings. The summed E-state index contributed by atoms with van der Waals surface area (Å²) in [7, 11) is 3.12. The summed E-state index contributed by atoms with van der Waals surface area (Å²) in [5, 5.41) is 3.15. The van der Waals surface area contributed by atoms with Gasteiger partial charge in [-0.3, -0.25) is 9.59 Å². The maximum Gasteiger partial charge on any atom is 0.282 e. The van der Waals surface area contributed by atoms with Crippen molar-refractivity contribution in [1.29, 1.82) is 0 Å². The van der Waals surface area contributed by atoms with Crippen LogP contribution in [0.1, 0.15) is 5.56 Å². The topological polar surface area (TPSA) is 86.3 Å². The lowest BCUT2D eigenvalue weighted by atomic mass is 10.0. The van der Waals surface area contributed by atoms with Gasteiger partial charge in [0.15, 0.2) is 11.5 Å². The van der Waals surface area contributed by atoms with Gasteiger partial charge in [0.1, 0.15) is 30.4 Å². The standard InChI is InChI=1S/C26H22N2O6/c1-31-19-8-3-16(4-9-19)23-24(27-17-5-12-21-22(15-17)34-14-13-33-21)26(30)28(25(23)29)18-6-10-20(32-2)11-7-18/h3-12,15,27H,13-14H2,1-2H3. The Morgan fingerprint density at radius 1 is 0.765 bits per heavy atom. The molecule has 34 heavy (non-hydrogen) atoms. The van der Waals surface area contributed by atoms with Gasteiger partial charge in [0.05, 0.1) is 25.5 Å². The number of rotatable bonds is 6. The molecule has 2 amide bonds. The van der Waals surface area contributed by atoms with E-state index in [2.05, 4.69) is 5.32 Å². The number of methoxy groups -OCH3 is 2. The van der Waals surface area contributed by atoms with Gasteiger partial charge in [-0.2, -0.15) is 0 Å². The number of hydrogen-bond acceptors (Lipinski definition) is 7. The van der Waals surface area contributed by atoms with E-state index < -0.39 is 11.8 Å². The molecule has 0 aromatic heterocycles. The molecular weight excluding hydrogens is 436 g/mol. The van der Waals surface area contributed by atoms with Gasteiger partial charge in [0.2, 0.25) is 0 Å². The van der Waals surface area contributed by atoms with Gasteiger partial charge >= 0.3 is 0 Å². The number of fused-ring (bicyclic) bond motifs is 1. The lowest BCUT2D eigenvalue weighted by Gasteiger charge is -2.19. The first kappa shape index (κ1) is 21.4. The van der Waals surface area contributed by atoms with Gasteiger partial charge in [0, 0.05) is 11.8 Å². The number of nitrogens with zero attached hydrogens (tertiary/aromatic N) is 1. The molecule has 5 rings (SSSR count). The second-order valence-corrected chi connectivity index (χ2v) is 7.61. The Kier molecular flexibility index (Phi) is 5.55. The molecule has 0 spiro atoms. The maximum absolute atomic E-state index is 13.6. The van der Waals surface area contributed by atoms with Crippen LogP contribution in [0.4, 0.5) is 11.4 Å². The Morgan fingerprint density at radius 3 is 2.03 bits per heavy atom. The van der Waals surface area contributed by atoms with Crippen LogP contribution >= 0.6 is 0 Å². The van der Waals surface area contributed by atoms with E-state index in [-0.39, 0.29) is 11.3 Å². The molecule has 2 aliphatic heterocycles. The van der Waals surface area contributed by atoms with E-state index in [1.54, 1.807) is 80.9 Å². The van der Waals surface area contributed by atoms with E-state index in [1.807, 2.05) is 0 Å². The first-order chi connectivity index (χ1) is 16.6. The second-order valence-electron chi connectivity index (χ2n) is 7.61. The van der Waals surface area contributed by atoms with Gasteiger partial charge in [-0.1, -0.05) is 12.1 Å². The molecule has 0 saturated heterocycles. The normalized spacial score (nSPS) is 14.9. The highest BCUT2D eigenvalue weighted by Crippen LogP contribution is 2.37. The fourth-order valence-corrected chi connectivity index (χ4v) is 3.90. The lowest BCUT2D eigenvalue weighted by Crippen LogP contribution is -2.32. The third-order valence-corrected chi connectivity index (χ3v) is 5.60. The van der Waals surface area contributed by atoms with Gasteiger partial charge < -0.3 is 24.3 Å². The molecule has 8 nitrogen and oxygen atoms in total. The largest absolute Gasteiger partial charge is 0.497 e. The minimum absolute atomic E-state index is 0.169. The summed E-state index contributed by atoms with van der Waals surface area (Å²) < 4.78 is 21.7. The molecular formula is C26H22N2O6. The number of imide groups is 1. The fraction of sp³-hybridized carbons (Fsp3) is 0.154. The first-order valence-electron chi connectivity index (χ1n) is 10.7. The summed E-state index contributed by atoms with van der Waals surface area (Å²) in [6.07, 6.45) is 0. The molecule has 0 atom stereocenters. The number of hydrogen-bond donors (Lipinski definition) is 1. The minimum Gasteiger partial charge on any atom is -0.497 e. The average Bonchev–Trinajstić information content (AvgIpc) is 3.13. The molecule has 0 saturated carbocycles. The van der Waals surface area contributed by atoms with Crippen molar-refractivity contribution < 1.29 is 28.5 Å². The number of carbonyl (C=O) groups is 2. The number of benzene rings is 3. The van der Waals surface area contributed by atoms with Crippen molar-refractivity contribution in [3.05, 3.63) is 78.0 Å². The van der Waals surface area contributed by atoms with E-state index in [9.17, 15) is 9.59 Å². The molecule has 3 aromatic carbocycles. The molecule has 172 valence electrons. The van der Waals surface area contributed by atoms with Crippen molar-refractivity contribution in [2.24, 2.45) is 0 Å². The Balaban J connectivity index is 1.56. The monoisotopic (exact) mass is 458 g/mol. The smallest absolute Gasteiger partial charge is 0.282 e. The van der Waals surface area contributed by atoms with Gasteiger partial charge in [-0.15, -0.1) is 0 Å². The summed E-state index contributed by atoms with van der Waals surface area (Å²) in [6, 6.07) is 19.1. The molecule has 0 bridgehead atoms. The van der Waals surface area contributed by atoms with Gasteiger partial charge in [-0.05, 0) is 54.1 Å². The zero-order valence-corrected chi connectivity index (χ0v) is 18.7. The van der Waals surface area contributed by atoms with Crippen LogP contribution < -0.4 is 29.2 Å². The van der Waals surface area contributed by atoms with Gasteiger partial charge in [0.25, 0.3) is 11.8 Å². The van der Waals surface area contributed by atoms with Crippen molar-refractivity contribution >= 4 is 28.8 Å². The molecule has 1 N–H and O–H groups in total. The molecule has 3 aromatic rings. The number of nitrogens with one attached hydrogen (secondary N) is 1. The van der Waals surface area contributed by atoms with Gasteiger partial charge in [-0.25, -0.2) is 4.90 Å². The predicted octanol–water partition coefficient (Wildman–Crippen LogP) is 3.87. The van der Waals surface area contributed by atoms with E-state index in [1.165, 1.54) is 0 Å². The Bertz CT molecular complexity index is 1280. The van der Waals surface area contributed by atoms with E-state index in [4.69, 9.17) is 18.9 Å².